The van der Waals surface area contributed by atoms with Gasteiger partial charge in [0.15, 0.2) is 5.17 Å². The predicted octanol–water partition coefficient (Wildman–Crippen LogP) is 1.12. The van der Waals surface area contributed by atoms with E-state index < -0.39 is 10.0 Å². The van der Waals surface area contributed by atoms with Crippen molar-refractivity contribution in [2.75, 3.05) is 36.8 Å². The molecule has 0 spiro atoms. The van der Waals surface area contributed by atoms with Crippen molar-refractivity contribution in [1.82, 2.24) is 10.2 Å². The summed E-state index contributed by atoms with van der Waals surface area (Å²) in [6.07, 6.45) is 0.974. The lowest BCUT2D eigenvalue weighted by atomic mass is 10.1. The van der Waals surface area contributed by atoms with Gasteiger partial charge in [-0.2, -0.15) is 0 Å². The van der Waals surface area contributed by atoms with Crippen molar-refractivity contribution in [2.45, 2.75) is 24.3 Å². The number of benzene rings is 1. The van der Waals surface area contributed by atoms with E-state index in [0.717, 1.165) is 30.1 Å². The Balaban J connectivity index is 1.62. The second kappa shape index (κ2) is 6.30. The Bertz CT molecular complexity index is 847. The molecule has 0 radical (unpaired) electrons. The maximum atomic E-state index is 12.9. The summed E-state index contributed by atoms with van der Waals surface area (Å²) in [5.74, 6) is 0.0502. The Morgan fingerprint density at radius 2 is 2.32 bits per heavy atom. The number of nitrogens with zero attached hydrogens (tertiary/aromatic N) is 3. The van der Waals surface area contributed by atoms with Crippen LogP contribution < -0.4 is 10.2 Å². The highest BCUT2D eigenvalue weighted by Gasteiger charge is 2.34. The van der Waals surface area contributed by atoms with Crippen LogP contribution in [0.25, 0.3) is 0 Å². The number of amides is 1. The molecule has 3 heterocycles. The lowest BCUT2D eigenvalue weighted by molar-refractivity contribution is 0.0703. The first-order valence-corrected chi connectivity index (χ1v) is 10.8. The van der Waals surface area contributed by atoms with Gasteiger partial charge in [0.2, 0.25) is 0 Å². The normalized spacial score (nSPS) is 23.8. The number of anilines is 1. The highest BCUT2D eigenvalue weighted by atomic mass is 32.2. The molecule has 4 rings (SSSR count). The zero-order chi connectivity index (χ0) is 17.6. The molecule has 1 N–H and O–H groups in total. The summed E-state index contributed by atoms with van der Waals surface area (Å²) in [6, 6.07) is 5.83. The first kappa shape index (κ1) is 16.9. The minimum absolute atomic E-state index is 0.0233. The van der Waals surface area contributed by atoms with Gasteiger partial charge in [0.05, 0.1) is 11.4 Å². The van der Waals surface area contributed by atoms with E-state index in [1.807, 2.05) is 34.9 Å². The highest BCUT2D eigenvalue weighted by molar-refractivity contribution is 8.15. The number of carbonyl (C=O) groups excluding carboxylic acids is 1. The van der Waals surface area contributed by atoms with E-state index in [2.05, 4.69) is 9.71 Å². The van der Waals surface area contributed by atoms with Crippen LogP contribution >= 0.6 is 11.8 Å². The van der Waals surface area contributed by atoms with Gasteiger partial charge in [0.1, 0.15) is 0 Å². The van der Waals surface area contributed by atoms with Crippen LogP contribution in [-0.2, 0) is 10.0 Å². The minimum atomic E-state index is -3.37. The molecule has 9 heteroatoms. The number of hydrogen-bond donors (Lipinski definition) is 1. The third kappa shape index (κ3) is 3.04. The number of rotatable bonds is 3. The van der Waals surface area contributed by atoms with Crippen molar-refractivity contribution in [1.29, 1.82) is 0 Å². The lowest BCUT2D eigenvalue weighted by Gasteiger charge is -2.27. The molecule has 134 valence electrons. The summed E-state index contributed by atoms with van der Waals surface area (Å²) in [5.41, 5.74) is 1.57. The van der Waals surface area contributed by atoms with Crippen LogP contribution in [0.15, 0.2) is 27.5 Å². The van der Waals surface area contributed by atoms with Gasteiger partial charge in [0.25, 0.3) is 15.9 Å². The molecule has 0 bridgehead atoms. The molecule has 1 aromatic rings. The van der Waals surface area contributed by atoms with E-state index in [-0.39, 0.29) is 17.7 Å². The van der Waals surface area contributed by atoms with Gasteiger partial charge in [0, 0.05) is 36.1 Å². The van der Waals surface area contributed by atoms with Crippen LogP contribution in [0.1, 0.15) is 23.7 Å². The van der Waals surface area contributed by atoms with Crippen LogP contribution in [0, 0.1) is 0 Å². The molecule has 1 aromatic carbocycles. The molecule has 1 unspecified atom stereocenters. The van der Waals surface area contributed by atoms with E-state index in [1.165, 1.54) is 11.8 Å². The van der Waals surface area contributed by atoms with Crippen molar-refractivity contribution in [3.05, 3.63) is 23.8 Å². The second-order valence-electron chi connectivity index (χ2n) is 6.33. The number of carbonyl (C=O) groups is 1. The number of fused-ring (bicyclic) bond motifs is 3. The van der Waals surface area contributed by atoms with Crippen LogP contribution in [0.3, 0.4) is 0 Å². The number of thioether (sulfide) groups is 1. The van der Waals surface area contributed by atoms with Gasteiger partial charge < -0.3 is 15.1 Å². The maximum absolute atomic E-state index is 12.9. The molecule has 1 saturated heterocycles. The van der Waals surface area contributed by atoms with Crippen LogP contribution in [0.2, 0.25) is 0 Å². The summed E-state index contributed by atoms with van der Waals surface area (Å²) >= 11 is 1.32. The zero-order valence-electron chi connectivity index (χ0n) is 13.9. The summed E-state index contributed by atoms with van der Waals surface area (Å²) in [5, 5.41) is 3.78. The monoisotopic (exact) mass is 380 g/mol. The summed E-state index contributed by atoms with van der Waals surface area (Å²) in [4.78, 5) is 17.6. The molecule has 1 fully saturated rings. The van der Waals surface area contributed by atoms with E-state index in [0.29, 0.717) is 23.8 Å². The Kier molecular flexibility index (Phi) is 4.25. The topological polar surface area (TPSA) is 82.1 Å². The zero-order valence-corrected chi connectivity index (χ0v) is 15.6. The van der Waals surface area contributed by atoms with Gasteiger partial charge in [-0.15, -0.1) is 4.40 Å². The van der Waals surface area contributed by atoms with Gasteiger partial charge in [-0.05, 0) is 49.9 Å². The summed E-state index contributed by atoms with van der Waals surface area (Å²) in [6.45, 7) is 4.85. The molecule has 3 aliphatic heterocycles. The van der Waals surface area contributed by atoms with E-state index in [4.69, 9.17) is 0 Å². The quantitative estimate of drug-likeness (QED) is 0.846. The fraction of sp³-hybridized carbons (Fsp3) is 0.500. The van der Waals surface area contributed by atoms with Crippen molar-refractivity contribution in [3.8, 4) is 0 Å². The van der Waals surface area contributed by atoms with Gasteiger partial charge in [-0.25, -0.2) is 8.42 Å². The highest BCUT2D eigenvalue weighted by Crippen LogP contribution is 2.42. The molecule has 7 nitrogen and oxygen atoms in total. The van der Waals surface area contributed by atoms with Crippen LogP contribution in [0.4, 0.5) is 5.69 Å². The Labute approximate surface area is 151 Å². The molecule has 1 amide bonds. The average molecular weight is 380 g/mol. The van der Waals surface area contributed by atoms with Gasteiger partial charge in [-0.3, -0.25) is 4.79 Å². The maximum Gasteiger partial charge on any atom is 0.257 e. The Morgan fingerprint density at radius 1 is 1.48 bits per heavy atom. The fourth-order valence-corrected chi connectivity index (χ4v) is 5.80. The third-order valence-electron chi connectivity index (χ3n) is 4.80. The van der Waals surface area contributed by atoms with Gasteiger partial charge in [-0.1, -0.05) is 0 Å². The Hall–Kier alpha value is -1.58. The molecule has 0 aliphatic carbocycles. The second-order valence-corrected chi connectivity index (χ2v) is 9.10. The predicted molar refractivity (Wildman–Crippen MR) is 98.9 cm³/mol. The molecule has 25 heavy (non-hydrogen) atoms. The lowest BCUT2D eigenvalue weighted by Crippen LogP contribution is -2.41. The third-order valence-corrected chi connectivity index (χ3v) is 7.10. The van der Waals surface area contributed by atoms with Crippen LogP contribution in [0.5, 0.6) is 0 Å². The Morgan fingerprint density at radius 3 is 3.04 bits per heavy atom. The van der Waals surface area contributed by atoms with Crippen LogP contribution in [-0.4, -0.2) is 62.4 Å². The van der Waals surface area contributed by atoms with Gasteiger partial charge >= 0.3 is 0 Å². The number of likely N-dealkylation sites (N-methyl/N-ethyl adjacent to an activating group) is 1. The molecular formula is C16H20N4O3S2. The van der Waals surface area contributed by atoms with Crippen molar-refractivity contribution in [2.24, 2.45) is 4.40 Å². The first-order chi connectivity index (χ1) is 12.0. The molecular weight excluding hydrogens is 360 g/mol. The van der Waals surface area contributed by atoms with E-state index in [9.17, 15) is 13.2 Å². The minimum Gasteiger partial charge on any atom is -0.335 e. The molecule has 0 aromatic heterocycles. The molecule has 3 aliphatic rings. The number of sulfonamides is 1. The van der Waals surface area contributed by atoms with E-state index >= 15 is 0 Å². The number of hydrogen-bond acceptors (Lipinski definition) is 6. The van der Waals surface area contributed by atoms with Crippen molar-refractivity contribution in [3.63, 3.8) is 0 Å². The van der Waals surface area contributed by atoms with E-state index in [1.54, 1.807) is 0 Å². The molecule has 1 atom stereocenters. The SMILES string of the molecule is CCN(C(=O)c1ccc2c(c1)SC1=NS(=O)(=O)CCN12)C1CCNC1. The largest absolute Gasteiger partial charge is 0.335 e. The van der Waals surface area contributed by atoms with Crippen molar-refractivity contribution < 1.29 is 13.2 Å². The average Bonchev–Trinajstić information content (AvgIpc) is 3.20. The summed E-state index contributed by atoms with van der Waals surface area (Å²) in [7, 11) is -3.37. The number of amidine groups is 1. The first-order valence-electron chi connectivity index (χ1n) is 8.42. The summed E-state index contributed by atoms with van der Waals surface area (Å²) < 4.78 is 27.3. The van der Waals surface area contributed by atoms with Crippen molar-refractivity contribution >= 4 is 38.5 Å². The molecule has 0 saturated carbocycles. The fourth-order valence-electron chi connectivity index (χ4n) is 3.50. The standard InChI is InChI=1S/C16H20N4O3S2/c1-2-19(12-5-6-17-10-12)15(21)11-3-4-13-14(9-11)24-16-18-25(22,23)8-7-20(13)16/h3-4,9,12,17H,2,5-8,10H2,1H3. The smallest absolute Gasteiger partial charge is 0.257 e. The number of nitrogens with one attached hydrogen (secondary N) is 1.